The Hall–Kier alpha value is -1.33. The Morgan fingerprint density at radius 3 is 2.75 bits per heavy atom. The van der Waals surface area contributed by atoms with Crippen LogP contribution in [0.1, 0.15) is 37.0 Å². The molecule has 0 unspecified atom stereocenters. The Morgan fingerprint density at radius 2 is 2.20 bits per heavy atom. The van der Waals surface area contributed by atoms with Crippen molar-refractivity contribution in [3.05, 3.63) is 22.8 Å². The molecule has 1 aromatic heterocycles. The largest absolute Gasteiger partial charge is 0.395 e. The van der Waals surface area contributed by atoms with Crippen LogP contribution < -0.4 is 5.32 Å². The molecule has 0 atom stereocenters. The predicted octanol–water partition coefficient (Wildman–Crippen LogP) is 2.40. The van der Waals surface area contributed by atoms with Gasteiger partial charge in [0.05, 0.1) is 17.2 Å². The van der Waals surface area contributed by atoms with E-state index < -0.39 is 0 Å². The number of nitrogens with one attached hydrogen (secondary N) is 1. The monoisotopic (exact) mass is 299 g/mol. The van der Waals surface area contributed by atoms with Crippen molar-refractivity contribution in [1.82, 2.24) is 9.88 Å². The van der Waals surface area contributed by atoms with E-state index in [9.17, 15) is 4.79 Å². The van der Waals surface area contributed by atoms with Gasteiger partial charge in [-0.1, -0.05) is 24.9 Å². The summed E-state index contributed by atoms with van der Waals surface area (Å²) in [5.74, 6) is 0.429. The molecule has 0 aliphatic carbocycles. The van der Waals surface area contributed by atoms with E-state index in [0.717, 1.165) is 12.8 Å². The van der Waals surface area contributed by atoms with Crippen LogP contribution in [-0.4, -0.2) is 47.1 Å². The predicted molar refractivity (Wildman–Crippen MR) is 81.3 cm³/mol. The van der Waals surface area contributed by atoms with Gasteiger partial charge < -0.3 is 15.3 Å². The number of pyridine rings is 1. The van der Waals surface area contributed by atoms with E-state index >= 15 is 0 Å². The second-order valence-electron chi connectivity index (χ2n) is 4.45. The second-order valence-corrected chi connectivity index (χ2v) is 4.86. The van der Waals surface area contributed by atoms with E-state index in [-0.39, 0.29) is 12.5 Å². The Balaban J connectivity index is 2.85. The smallest absolute Gasteiger partial charge is 0.255 e. The Kier molecular flexibility index (Phi) is 7.33. The molecule has 1 amide bonds. The van der Waals surface area contributed by atoms with Crippen molar-refractivity contribution in [3.8, 4) is 0 Å². The molecular formula is C14H22ClN3O2. The van der Waals surface area contributed by atoms with Crippen molar-refractivity contribution in [2.24, 2.45) is 0 Å². The maximum absolute atomic E-state index is 12.4. The first kappa shape index (κ1) is 16.7. The van der Waals surface area contributed by atoms with E-state index in [2.05, 4.69) is 17.2 Å². The molecule has 0 aliphatic heterocycles. The fraction of sp³-hybridized carbons (Fsp3) is 0.571. The van der Waals surface area contributed by atoms with E-state index in [1.807, 2.05) is 6.92 Å². The molecule has 0 aromatic carbocycles. The summed E-state index contributed by atoms with van der Waals surface area (Å²) in [5.41, 5.74) is 0.446. The summed E-state index contributed by atoms with van der Waals surface area (Å²) < 4.78 is 0. The zero-order valence-electron chi connectivity index (χ0n) is 12.0. The lowest BCUT2D eigenvalue weighted by atomic mass is 10.2. The third-order valence-corrected chi connectivity index (χ3v) is 3.16. The number of aromatic nitrogens is 1. The zero-order chi connectivity index (χ0) is 15.0. The number of carbonyl (C=O) groups excluding carboxylic acids is 1. The third-order valence-electron chi connectivity index (χ3n) is 2.87. The summed E-state index contributed by atoms with van der Waals surface area (Å²) in [4.78, 5) is 18.1. The van der Waals surface area contributed by atoms with Crippen LogP contribution in [0.2, 0.25) is 5.02 Å². The topological polar surface area (TPSA) is 65.5 Å². The summed E-state index contributed by atoms with van der Waals surface area (Å²) in [6, 6.07) is 1.62. The molecule has 6 heteroatoms. The lowest BCUT2D eigenvalue weighted by Crippen LogP contribution is -2.34. The molecule has 112 valence electrons. The van der Waals surface area contributed by atoms with E-state index in [1.54, 1.807) is 11.0 Å². The number of aliphatic hydroxyl groups is 1. The molecule has 0 radical (unpaired) electrons. The third kappa shape index (κ3) is 4.65. The van der Waals surface area contributed by atoms with E-state index in [1.165, 1.54) is 6.20 Å². The van der Waals surface area contributed by atoms with Crippen molar-refractivity contribution >= 4 is 23.3 Å². The minimum Gasteiger partial charge on any atom is -0.395 e. The van der Waals surface area contributed by atoms with Crippen LogP contribution >= 0.6 is 11.6 Å². The standard InChI is InChI=1S/C14H22ClN3O2/c1-3-5-6-18(7-8-19)14(20)11-9-12(15)13(16-4-2)17-10-11/h9-10,19H,3-8H2,1-2H3,(H,16,17). The maximum Gasteiger partial charge on any atom is 0.255 e. The summed E-state index contributed by atoms with van der Waals surface area (Å²) in [5, 5.41) is 12.5. The van der Waals surface area contributed by atoms with Gasteiger partial charge in [-0.15, -0.1) is 0 Å². The number of nitrogens with zero attached hydrogens (tertiary/aromatic N) is 2. The normalized spacial score (nSPS) is 10.4. The lowest BCUT2D eigenvalue weighted by molar-refractivity contribution is 0.0719. The number of carbonyl (C=O) groups is 1. The first-order chi connectivity index (χ1) is 9.63. The van der Waals surface area contributed by atoms with Crippen molar-refractivity contribution in [1.29, 1.82) is 0 Å². The van der Waals surface area contributed by atoms with Crippen LogP contribution in [0.4, 0.5) is 5.82 Å². The zero-order valence-corrected chi connectivity index (χ0v) is 12.8. The number of unbranched alkanes of at least 4 members (excludes halogenated alkanes) is 1. The second kappa shape index (κ2) is 8.76. The quantitative estimate of drug-likeness (QED) is 0.773. The lowest BCUT2D eigenvalue weighted by Gasteiger charge is -2.21. The van der Waals surface area contributed by atoms with Crippen molar-refractivity contribution < 1.29 is 9.90 Å². The average molecular weight is 300 g/mol. The molecule has 5 nitrogen and oxygen atoms in total. The van der Waals surface area contributed by atoms with Gasteiger partial charge in [-0.2, -0.15) is 0 Å². The highest BCUT2D eigenvalue weighted by atomic mass is 35.5. The molecule has 0 spiro atoms. The van der Waals surface area contributed by atoms with E-state index in [0.29, 0.717) is 36.0 Å². The number of aliphatic hydroxyl groups excluding tert-OH is 1. The first-order valence-corrected chi connectivity index (χ1v) is 7.31. The molecule has 1 aromatic rings. The van der Waals surface area contributed by atoms with Crippen molar-refractivity contribution in [2.45, 2.75) is 26.7 Å². The van der Waals surface area contributed by atoms with Crippen LogP contribution in [0.25, 0.3) is 0 Å². The highest BCUT2D eigenvalue weighted by Gasteiger charge is 2.16. The Morgan fingerprint density at radius 1 is 1.45 bits per heavy atom. The molecule has 0 saturated carbocycles. The van der Waals surface area contributed by atoms with Crippen molar-refractivity contribution in [2.75, 3.05) is 31.6 Å². The molecule has 0 fully saturated rings. The number of halogens is 1. The van der Waals surface area contributed by atoms with Gasteiger partial charge in [-0.05, 0) is 19.4 Å². The van der Waals surface area contributed by atoms with Crippen LogP contribution in [-0.2, 0) is 0 Å². The average Bonchev–Trinajstić information content (AvgIpc) is 2.45. The molecule has 0 aliphatic rings. The summed E-state index contributed by atoms with van der Waals surface area (Å²) >= 11 is 6.09. The number of rotatable bonds is 8. The summed E-state index contributed by atoms with van der Waals surface area (Å²) in [6.45, 7) is 5.63. The Bertz CT molecular complexity index is 440. The fourth-order valence-electron chi connectivity index (χ4n) is 1.82. The minimum absolute atomic E-state index is 0.0495. The highest BCUT2D eigenvalue weighted by molar-refractivity contribution is 6.33. The van der Waals surface area contributed by atoms with Gasteiger partial charge >= 0.3 is 0 Å². The van der Waals surface area contributed by atoms with Crippen LogP contribution in [0, 0.1) is 0 Å². The number of anilines is 1. The van der Waals surface area contributed by atoms with Crippen molar-refractivity contribution in [3.63, 3.8) is 0 Å². The molecule has 2 N–H and O–H groups in total. The van der Waals surface area contributed by atoms with E-state index in [4.69, 9.17) is 16.7 Å². The van der Waals surface area contributed by atoms with Gasteiger partial charge in [0.1, 0.15) is 5.82 Å². The van der Waals surface area contributed by atoms with Gasteiger partial charge in [0.25, 0.3) is 5.91 Å². The van der Waals surface area contributed by atoms with Gasteiger partial charge in [-0.25, -0.2) is 4.98 Å². The number of hydrogen-bond donors (Lipinski definition) is 2. The van der Waals surface area contributed by atoms with Gasteiger partial charge in [0.15, 0.2) is 0 Å². The highest BCUT2D eigenvalue weighted by Crippen LogP contribution is 2.20. The van der Waals surface area contributed by atoms with Crippen LogP contribution in [0.5, 0.6) is 0 Å². The first-order valence-electron chi connectivity index (χ1n) is 6.93. The van der Waals surface area contributed by atoms with Crippen LogP contribution in [0.15, 0.2) is 12.3 Å². The molecule has 1 rings (SSSR count). The molecule has 0 saturated heterocycles. The molecule has 1 heterocycles. The molecule has 0 bridgehead atoms. The van der Waals surface area contributed by atoms with Crippen LogP contribution in [0.3, 0.4) is 0 Å². The van der Waals surface area contributed by atoms with Gasteiger partial charge in [0.2, 0.25) is 0 Å². The number of hydrogen-bond acceptors (Lipinski definition) is 4. The van der Waals surface area contributed by atoms with Gasteiger partial charge in [0, 0.05) is 25.8 Å². The summed E-state index contributed by atoms with van der Waals surface area (Å²) in [6.07, 6.45) is 3.42. The van der Waals surface area contributed by atoms with Gasteiger partial charge in [-0.3, -0.25) is 4.79 Å². The molecule has 20 heavy (non-hydrogen) atoms. The Labute approximate surface area is 125 Å². The fourth-order valence-corrected chi connectivity index (χ4v) is 2.05. The SMILES string of the molecule is CCCCN(CCO)C(=O)c1cnc(NCC)c(Cl)c1. The summed E-state index contributed by atoms with van der Waals surface area (Å²) in [7, 11) is 0. The maximum atomic E-state index is 12.4. The minimum atomic E-state index is -0.148. The number of amides is 1. The molecular weight excluding hydrogens is 278 g/mol.